The Morgan fingerprint density at radius 3 is 2.39 bits per heavy atom. The number of hydrogen-bond donors (Lipinski definition) is 0. The van der Waals surface area contributed by atoms with Crippen molar-refractivity contribution in [2.45, 2.75) is 64.6 Å². The fraction of sp³-hybridized carbons (Fsp3) is 0.882. The zero-order chi connectivity index (χ0) is 17.2. The molecule has 2 unspecified atom stereocenters. The van der Waals surface area contributed by atoms with Gasteiger partial charge in [-0.25, -0.2) is 4.79 Å². The second-order valence-electron chi connectivity index (χ2n) is 7.68. The van der Waals surface area contributed by atoms with Gasteiger partial charge in [-0.3, -0.25) is 9.69 Å². The van der Waals surface area contributed by atoms with Gasteiger partial charge in [0.2, 0.25) is 0 Å². The van der Waals surface area contributed by atoms with E-state index in [0.717, 1.165) is 25.8 Å². The SMILES string of the molecule is COC(=O)[C@@H]1CCCN1C1CCN(C(=O)OC(C)(C)C)CC1C. The van der Waals surface area contributed by atoms with Gasteiger partial charge in [-0.2, -0.15) is 0 Å². The first-order valence-electron chi connectivity index (χ1n) is 8.54. The molecule has 0 aromatic heterocycles. The molecule has 23 heavy (non-hydrogen) atoms. The number of rotatable bonds is 2. The van der Waals surface area contributed by atoms with Gasteiger partial charge in [-0.1, -0.05) is 6.92 Å². The molecule has 3 atom stereocenters. The van der Waals surface area contributed by atoms with E-state index in [0.29, 0.717) is 25.0 Å². The average Bonchev–Trinajstić information content (AvgIpc) is 2.93. The van der Waals surface area contributed by atoms with Crippen LogP contribution >= 0.6 is 0 Å². The molecule has 0 spiro atoms. The first-order chi connectivity index (χ1) is 10.7. The third kappa shape index (κ3) is 4.37. The normalized spacial score (nSPS) is 29.4. The standard InChI is InChI=1S/C17H30N2O4/c1-12-11-18(16(21)23-17(2,3)4)10-8-13(12)19-9-6-7-14(19)15(20)22-5/h12-14H,6-11H2,1-5H3/t12?,13?,14-/m0/s1. The lowest BCUT2D eigenvalue weighted by Crippen LogP contribution is -2.54. The van der Waals surface area contributed by atoms with Crippen LogP contribution in [0.4, 0.5) is 4.79 Å². The molecule has 132 valence electrons. The molecule has 0 bridgehead atoms. The summed E-state index contributed by atoms with van der Waals surface area (Å²) >= 11 is 0. The van der Waals surface area contributed by atoms with Crippen LogP contribution < -0.4 is 0 Å². The maximum Gasteiger partial charge on any atom is 0.410 e. The smallest absolute Gasteiger partial charge is 0.410 e. The summed E-state index contributed by atoms with van der Waals surface area (Å²) in [4.78, 5) is 28.2. The Morgan fingerprint density at radius 2 is 1.83 bits per heavy atom. The molecular formula is C17H30N2O4. The van der Waals surface area contributed by atoms with Crippen molar-refractivity contribution in [2.24, 2.45) is 5.92 Å². The summed E-state index contributed by atoms with van der Waals surface area (Å²) in [5.41, 5.74) is -0.470. The zero-order valence-corrected chi connectivity index (χ0v) is 15.0. The van der Waals surface area contributed by atoms with Crippen molar-refractivity contribution >= 4 is 12.1 Å². The number of likely N-dealkylation sites (tertiary alicyclic amines) is 2. The van der Waals surface area contributed by atoms with Crippen molar-refractivity contribution in [1.29, 1.82) is 0 Å². The van der Waals surface area contributed by atoms with E-state index in [4.69, 9.17) is 9.47 Å². The molecule has 2 aliphatic rings. The third-order valence-electron chi connectivity index (χ3n) is 4.71. The van der Waals surface area contributed by atoms with E-state index in [-0.39, 0.29) is 18.1 Å². The lowest BCUT2D eigenvalue weighted by molar-refractivity contribution is -0.147. The highest BCUT2D eigenvalue weighted by Gasteiger charge is 2.41. The Hall–Kier alpha value is -1.30. The molecular weight excluding hydrogens is 296 g/mol. The van der Waals surface area contributed by atoms with Crippen molar-refractivity contribution in [3.63, 3.8) is 0 Å². The lowest BCUT2D eigenvalue weighted by Gasteiger charge is -2.42. The Bertz CT molecular complexity index is 446. The summed E-state index contributed by atoms with van der Waals surface area (Å²) in [6.07, 6.45) is 2.52. The zero-order valence-electron chi connectivity index (χ0n) is 15.0. The minimum absolute atomic E-state index is 0.125. The summed E-state index contributed by atoms with van der Waals surface area (Å²) in [6, 6.07) is 0.195. The molecule has 6 heteroatoms. The predicted octanol–water partition coefficient (Wildman–Crippen LogP) is 2.27. The molecule has 1 amide bonds. The number of ether oxygens (including phenoxy) is 2. The van der Waals surface area contributed by atoms with Crippen molar-refractivity contribution < 1.29 is 19.1 Å². The van der Waals surface area contributed by atoms with Crippen LogP contribution in [0.25, 0.3) is 0 Å². The minimum Gasteiger partial charge on any atom is -0.468 e. The van der Waals surface area contributed by atoms with Crippen LogP contribution in [0.15, 0.2) is 0 Å². The third-order valence-corrected chi connectivity index (χ3v) is 4.71. The number of nitrogens with zero attached hydrogens (tertiary/aromatic N) is 2. The number of hydrogen-bond acceptors (Lipinski definition) is 5. The Labute approximate surface area is 139 Å². The monoisotopic (exact) mass is 326 g/mol. The lowest BCUT2D eigenvalue weighted by atomic mass is 9.92. The van der Waals surface area contributed by atoms with Gasteiger partial charge < -0.3 is 14.4 Å². The Morgan fingerprint density at radius 1 is 1.13 bits per heavy atom. The van der Waals surface area contributed by atoms with Gasteiger partial charge in [-0.05, 0) is 52.5 Å². The Kier molecular flexibility index (Phi) is 5.55. The van der Waals surface area contributed by atoms with E-state index in [2.05, 4.69) is 11.8 Å². The van der Waals surface area contributed by atoms with E-state index in [1.165, 1.54) is 7.11 Å². The predicted molar refractivity (Wildman–Crippen MR) is 87.1 cm³/mol. The van der Waals surface area contributed by atoms with E-state index in [9.17, 15) is 9.59 Å². The van der Waals surface area contributed by atoms with Gasteiger partial charge in [0.05, 0.1) is 7.11 Å². The molecule has 0 radical (unpaired) electrons. The molecule has 0 aromatic rings. The van der Waals surface area contributed by atoms with Crippen molar-refractivity contribution in [3.8, 4) is 0 Å². The highest BCUT2D eigenvalue weighted by molar-refractivity contribution is 5.76. The summed E-state index contributed by atoms with van der Waals surface area (Å²) < 4.78 is 10.4. The van der Waals surface area contributed by atoms with Gasteiger partial charge in [0, 0.05) is 19.1 Å². The van der Waals surface area contributed by atoms with Crippen molar-refractivity contribution in [2.75, 3.05) is 26.7 Å². The molecule has 0 aliphatic carbocycles. The molecule has 0 N–H and O–H groups in total. The number of amides is 1. The highest BCUT2D eigenvalue weighted by atomic mass is 16.6. The summed E-state index contributed by atoms with van der Waals surface area (Å²) in [5, 5.41) is 0. The first kappa shape index (κ1) is 18.0. The van der Waals surface area contributed by atoms with Crippen molar-refractivity contribution in [1.82, 2.24) is 9.80 Å². The number of carbonyl (C=O) groups is 2. The van der Waals surface area contributed by atoms with Gasteiger partial charge in [-0.15, -0.1) is 0 Å². The largest absolute Gasteiger partial charge is 0.468 e. The van der Waals surface area contributed by atoms with Crippen LogP contribution in [0.5, 0.6) is 0 Å². The van der Waals surface area contributed by atoms with E-state index < -0.39 is 5.60 Å². The summed E-state index contributed by atoms with van der Waals surface area (Å²) in [6.45, 7) is 10.1. The maximum atomic E-state index is 12.2. The number of esters is 1. The topological polar surface area (TPSA) is 59.1 Å². The van der Waals surface area contributed by atoms with Crippen LogP contribution in [0.1, 0.15) is 47.0 Å². The van der Waals surface area contributed by atoms with E-state index in [1.54, 1.807) is 4.90 Å². The maximum absolute atomic E-state index is 12.2. The molecule has 2 saturated heterocycles. The minimum atomic E-state index is -0.470. The first-order valence-corrected chi connectivity index (χ1v) is 8.54. The molecule has 0 aromatic carbocycles. The van der Waals surface area contributed by atoms with E-state index >= 15 is 0 Å². The Balaban J connectivity index is 1.96. The fourth-order valence-corrected chi connectivity index (χ4v) is 3.69. The average molecular weight is 326 g/mol. The van der Waals surface area contributed by atoms with Gasteiger partial charge >= 0.3 is 12.1 Å². The molecule has 2 aliphatic heterocycles. The van der Waals surface area contributed by atoms with Gasteiger partial charge in [0.1, 0.15) is 11.6 Å². The fourth-order valence-electron chi connectivity index (χ4n) is 3.69. The second kappa shape index (κ2) is 7.07. The van der Waals surface area contributed by atoms with Crippen LogP contribution in [0.3, 0.4) is 0 Å². The molecule has 2 rings (SSSR count). The van der Waals surface area contributed by atoms with Gasteiger partial charge in [0.25, 0.3) is 0 Å². The second-order valence-corrected chi connectivity index (χ2v) is 7.68. The van der Waals surface area contributed by atoms with Crippen LogP contribution in [0, 0.1) is 5.92 Å². The number of methoxy groups -OCH3 is 1. The van der Waals surface area contributed by atoms with E-state index in [1.807, 2.05) is 20.8 Å². The molecule has 0 saturated carbocycles. The number of carbonyl (C=O) groups excluding carboxylic acids is 2. The summed E-state index contributed by atoms with van der Waals surface area (Å²) in [5.74, 6) is 0.172. The molecule has 2 heterocycles. The molecule has 2 fully saturated rings. The quantitative estimate of drug-likeness (QED) is 0.729. The van der Waals surface area contributed by atoms with Gasteiger partial charge in [0.15, 0.2) is 0 Å². The van der Waals surface area contributed by atoms with Crippen LogP contribution in [0.2, 0.25) is 0 Å². The van der Waals surface area contributed by atoms with Crippen LogP contribution in [-0.2, 0) is 14.3 Å². The number of piperidine rings is 1. The van der Waals surface area contributed by atoms with Crippen LogP contribution in [-0.4, -0.2) is 66.3 Å². The highest BCUT2D eigenvalue weighted by Crippen LogP contribution is 2.30. The molecule has 6 nitrogen and oxygen atoms in total. The summed E-state index contributed by atoms with van der Waals surface area (Å²) in [7, 11) is 1.45. The van der Waals surface area contributed by atoms with Crippen molar-refractivity contribution in [3.05, 3.63) is 0 Å².